The molecular formula is C33H42O4. The van der Waals surface area contributed by atoms with Crippen LogP contribution in [0.25, 0.3) is 5.76 Å². The summed E-state index contributed by atoms with van der Waals surface area (Å²) >= 11 is 0. The van der Waals surface area contributed by atoms with Crippen LogP contribution in [0, 0.1) is 22.2 Å². The van der Waals surface area contributed by atoms with Gasteiger partial charge in [0.25, 0.3) is 0 Å². The molecule has 4 heteroatoms. The maximum atomic E-state index is 14.7. The molecule has 5 rings (SSSR count). The minimum absolute atomic E-state index is 0.00367. The van der Waals surface area contributed by atoms with Crippen molar-refractivity contribution in [2.75, 3.05) is 0 Å². The molecule has 4 fully saturated rings. The number of fused-ring (bicyclic) bond motifs is 1. The fraction of sp³-hybridized carbons (Fsp3) is 0.515. The van der Waals surface area contributed by atoms with Gasteiger partial charge in [-0.1, -0.05) is 66.1 Å². The first-order valence-corrected chi connectivity index (χ1v) is 13.5. The number of aliphatic hydroxyl groups excluding tert-OH is 1. The van der Waals surface area contributed by atoms with Crippen molar-refractivity contribution in [3.63, 3.8) is 0 Å². The van der Waals surface area contributed by atoms with Gasteiger partial charge in [-0.3, -0.25) is 9.59 Å². The number of carbonyl (C=O) groups excluding carboxylic acids is 2. The molecule has 1 aromatic carbocycles. The summed E-state index contributed by atoms with van der Waals surface area (Å²) < 4.78 is 0. The predicted octanol–water partition coefficient (Wildman–Crippen LogP) is 7.31. The third-order valence-corrected chi connectivity index (χ3v) is 9.50. The molecule has 0 aromatic heterocycles. The second-order valence-electron chi connectivity index (χ2n) is 12.6. The van der Waals surface area contributed by atoms with Gasteiger partial charge in [0.15, 0.2) is 11.6 Å². The Balaban J connectivity index is 2.08. The van der Waals surface area contributed by atoms with E-state index in [9.17, 15) is 19.8 Å². The molecular weight excluding hydrogens is 460 g/mol. The highest BCUT2D eigenvalue weighted by molar-refractivity contribution is 6.24. The van der Waals surface area contributed by atoms with Crippen LogP contribution in [0.1, 0.15) is 85.6 Å². The lowest BCUT2D eigenvalue weighted by atomic mass is 9.38. The molecule has 0 radical (unpaired) electrons. The average molecular weight is 503 g/mol. The smallest absolute Gasteiger partial charge is 0.179 e. The van der Waals surface area contributed by atoms with E-state index in [2.05, 4.69) is 13.5 Å². The number of rotatable bonds is 8. The summed E-state index contributed by atoms with van der Waals surface area (Å²) in [6, 6.07) is 8.95. The molecule has 0 amide bonds. The van der Waals surface area contributed by atoms with Crippen LogP contribution in [0.3, 0.4) is 0 Å². The number of aliphatic hydroxyl groups is 2. The lowest BCUT2D eigenvalue weighted by Gasteiger charge is -2.63. The van der Waals surface area contributed by atoms with E-state index >= 15 is 0 Å². The zero-order valence-electron chi connectivity index (χ0n) is 23.3. The van der Waals surface area contributed by atoms with E-state index in [1.807, 2.05) is 52.8 Å². The highest BCUT2D eigenvalue weighted by Crippen LogP contribution is 2.78. The van der Waals surface area contributed by atoms with Crippen molar-refractivity contribution >= 4 is 17.3 Å². The van der Waals surface area contributed by atoms with Gasteiger partial charge in [-0.2, -0.15) is 0 Å². The van der Waals surface area contributed by atoms with Crippen LogP contribution < -0.4 is 0 Å². The third kappa shape index (κ3) is 3.74. The van der Waals surface area contributed by atoms with Crippen molar-refractivity contribution < 1.29 is 19.8 Å². The van der Waals surface area contributed by atoms with Crippen LogP contribution in [0.2, 0.25) is 0 Å². The van der Waals surface area contributed by atoms with Crippen LogP contribution in [0.5, 0.6) is 0 Å². The fourth-order valence-corrected chi connectivity index (χ4v) is 7.64. The minimum Gasteiger partial charge on any atom is -0.507 e. The Morgan fingerprint density at radius 1 is 1.03 bits per heavy atom. The van der Waals surface area contributed by atoms with Crippen LogP contribution in [0.4, 0.5) is 0 Å². The molecule has 5 unspecified atom stereocenters. The van der Waals surface area contributed by atoms with Crippen molar-refractivity contribution in [3.05, 3.63) is 76.9 Å². The summed E-state index contributed by atoms with van der Waals surface area (Å²) in [7, 11) is 0. The van der Waals surface area contributed by atoms with E-state index in [1.165, 1.54) is 0 Å². The number of hydrogen-bond acceptors (Lipinski definition) is 4. The van der Waals surface area contributed by atoms with E-state index in [-0.39, 0.29) is 29.5 Å². The van der Waals surface area contributed by atoms with Gasteiger partial charge in [0.1, 0.15) is 11.4 Å². The highest BCUT2D eigenvalue weighted by atomic mass is 16.3. The van der Waals surface area contributed by atoms with Crippen LogP contribution in [0.15, 0.2) is 71.4 Å². The normalized spacial score (nSPS) is 35.4. The fourth-order valence-electron chi connectivity index (χ4n) is 7.64. The molecule has 4 bridgehead atoms. The van der Waals surface area contributed by atoms with Crippen LogP contribution >= 0.6 is 0 Å². The van der Waals surface area contributed by atoms with Crippen molar-refractivity contribution in [2.45, 2.75) is 85.7 Å². The monoisotopic (exact) mass is 502 g/mol. The van der Waals surface area contributed by atoms with Crippen LogP contribution in [-0.2, 0) is 9.59 Å². The quantitative estimate of drug-likeness (QED) is 0.169. The maximum absolute atomic E-state index is 14.7. The molecule has 4 aliphatic rings. The number of Topliss-reactive ketones (excluding diaryl/α,β-unsaturated/α-hetero) is 2. The maximum Gasteiger partial charge on any atom is 0.179 e. The van der Waals surface area contributed by atoms with Gasteiger partial charge >= 0.3 is 0 Å². The summed E-state index contributed by atoms with van der Waals surface area (Å²) in [6.45, 7) is 16.1. The molecule has 37 heavy (non-hydrogen) atoms. The molecule has 0 saturated heterocycles. The van der Waals surface area contributed by atoms with Crippen molar-refractivity contribution in [1.29, 1.82) is 0 Å². The van der Waals surface area contributed by atoms with E-state index in [4.69, 9.17) is 0 Å². The van der Waals surface area contributed by atoms with Gasteiger partial charge < -0.3 is 10.2 Å². The molecule has 1 aromatic rings. The van der Waals surface area contributed by atoms with Gasteiger partial charge in [-0.25, -0.2) is 0 Å². The number of benzene rings is 1. The summed E-state index contributed by atoms with van der Waals surface area (Å²) in [5.74, 6) is -0.758. The first-order valence-electron chi connectivity index (χ1n) is 13.5. The second-order valence-corrected chi connectivity index (χ2v) is 12.6. The van der Waals surface area contributed by atoms with E-state index in [0.29, 0.717) is 24.8 Å². The predicted molar refractivity (Wildman–Crippen MR) is 149 cm³/mol. The Morgan fingerprint density at radius 3 is 2.19 bits per heavy atom. The van der Waals surface area contributed by atoms with E-state index in [1.54, 1.807) is 24.3 Å². The zero-order valence-corrected chi connectivity index (χ0v) is 23.3. The summed E-state index contributed by atoms with van der Waals surface area (Å²) in [5, 5.41) is 24.7. The van der Waals surface area contributed by atoms with Crippen molar-refractivity contribution in [2.24, 2.45) is 22.2 Å². The Hall–Kier alpha value is -2.72. The van der Waals surface area contributed by atoms with Gasteiger partial charge in [-0.15, -0.1) is 6.58 Å². The van der Waals surface area contributed by atoms with Gasteiger partial charge in [-0.05, 0) is 79.1 Å². The largest absolute Gasteiger partial charge is 0.507 e. The average Bonchev–Trinajstić information content (AvgIpc) is 2.98. The standard InChI is InChI=1S/C33H42O4/c1-21(2)13-14-25-19-32(18-16-23(5)6)29(36)31(17-15-22(3)4)20-30(25,7)33(32,37)26(28(31)35)27(34)24-11-9-8-10-12-24/h8-12,15-16,25,34,37H,1,13-14,17-20H2,2-7H3. The SMILES string of the molecule is C=C(C)CCC1CC2(CC=C(C)C)C(=O)C3(CC=C(C)C)CC1(C)C2(O)C(=C(O)c1ccccc1)C3=O. The van der Waals surface area contributed by atoms with Gasteiger partial charge in [0.2, 0.25) is 0 Å². The zero-order chi connectivity index (χ0) is 27.4. The Morgan fingerprint density at radius 2 is 1.62 bits per heavy atom. The Bertz CT molecular complexity index is 1230. The van der Waals surface area contributed by atoms with Crippen molar-refractivity contribution in [3.8, 4) is 0 Å². The Kier molecular flexibility index (Phi) is 6.82. The molecule has 0 heterocycles. The van der Waals surface area contributed by atoms with Crippen molar-refractivity contribution in [1.82, 2.24) is 0 Å². The molecule has 198 valence electrons. The summed E-state index contributed by atoms with van der Waals surface area (Å²) in [6.07, 6.45) is 6.99. The minimum atomic E-state index is -1.77. The topological polar surface area (TPSA) is 74.6 Å². The Labute approximate surface area is 221 Å². The van der Waals surface area contributed by atoms with E-state index < -0.39 is 27.6 Å². The molecule has 0 aliphatic heterocycles. The van der Waals surface area contributed by atoms with E-state index in [0.717, 1.165) is 29.6 Å². The number of hydrogen-bond donors (Lipinski definition) is 2. The second kappa shape index (κ2) is 9.23. The molecule has 0 spiro atoms. The number of carbonyl (C=O) groups is 2. The summed E-state index contributed by atoms with van der Waals surface area (Å²) in [5.41, 5.74) is -1.34. The highest BCUT2D eigenvalue weighted by Gasteiger charge is 2.85. The molecule has 4 nitrogen and oxygen atoms in total. The first kappa shape index (κ1) is 27.3. The lowest BCUT2D eigenvalue weighted by molar-refractivity contribution is -0.199. The molecule has 2 N–H and O–H groups in total. The summed E-state index contributed by atoms with van der Waals surface area (Å²) in [4.78, 5) is 29.1. The number of allylic oxidation sites excluding steroid dienone is 5. The third-order valence-electron chi connectivity index (χ3n) is 9.50. The molecule has 4 saturated carbocycles. The van der Waals surface area contributed by atoms with Gasteiger partial charge in [0, 0.05) is 11.0 Å². The molecule has 4 aliphatic carbocycles. The van der Waals surface area contributed by atoms with Crippen LogP contribution in [-0.4, -0.2) is 27.4 Å². The lowest BCUT2D eigenvalue weighted by Crippen LogP contribution is -2.74. The number of ketones is 2. The molecule has 5 atom stereocenters. The first-order chi connectivity index (χ1) is 17.3. The van der Waals surface area contributed by atoms with Gasteiger partial charge in [0.05, 0.1) is 16.4 Å².